The zero-order valence-corrected chi connectivity index (χ0v) is 11.0. The summed E-state index contributed by atoms with van der Waals surface area (Å²) in [5.74, 6) is 0.0461. The maximum absolute atomic E-state index is 12.0. The second kappa shape index (κ2) is 8.53. The molecule has 1 unspecified atom stereocenters. The van der Waals surface area contributed by atoms with Crippen molar-refractivity contribution in [1.29, 1.82) is 0 Å². The lowest BCUT2D eigenvalue weighted by molar-refractivity contribution is -0.133. The zero-order chi connectivity index (χ0) is 12.6. The summed E-state index contributed by atoms with van der Waals surface area (Å²) in [5.41, 5.74) is 5.86. The summed E-state index contributed by atoms with van der Waals surface area (Å²) in [6, 6.07) is -0.0817. The highest BCUT2D eigenvalue weighted by molar-refractivity contribution is 5.81. The van der Waals surface area contributed by atoms with E-state index in [1.807, 2.05) is 7.05 Å². The molecule has 0 spiro atoms. The fourth-order valence-electron chi connectivity index (χ4n) is 1.85. The Morgan fingerprint density at radius 1 is 1.38 bits per heavy atom. The number of hydrogen-bond acceptors (Lipinski definition) is 3. The van der Waals surface area contributed by atoms with Gasteiger partial charge in [-0.3, -0.25) is 4.79 Å². The summed E-state index contributed by atoms with van der Waals surface area (Å²) in [6.07, 6.45) is 3.48. The Morgan fingerprint density at radius 2 is 1.94 bits per heavy atom. The van der Waals surface area contributed by atoms with E-state index >= 15 is 0 Å². The molecule has 1 amide bonds. The van der Waals surface area contributed by atoms with E-state index in [0.29, 0.717) is 19.1 Å². The van der Waals surface area contributed by atoms with Gasteiger partial charge < -0.3 is 15.4 Å². The standard InChI is InChI=1S/C12H26N2O2/c1-5-10(6-2)14(3)12(15)11(13)8-7-9-16-4/h10-11H,5-9,13H2,1-4H3. The molecule has 0 aliphatic heterocycles. The fourth-order valence-corrected chi connectivity index (χ4v) is 1.85. The average molecular weight is 230 g/mol. The summed E-state index contributed by atoms with van der Waals surface area (Å²) in [7, 11) is 3.50. The van der Waals surface area contributed by atoms with Crippen LogP contribution in [0.4, 0.5) is 0 Å². The van der Waals surface area contributed by atoms with Crippen molar-refractivity contribution in [2.75, 3.05) is 20.8 Å². The van der Waals surface area contributed by atoms with Gasteiger partial charge in [-0.2, -0.15) is 0 Å². The van der Waals surface area contributed by atoms with Crippen molar-refractivity contribution in [2.24, 2.45) is 5.73 Å². The van der Waals surface area contributed by atoms with Crippen molar-refractivity contribution in [2.45, 2.75) is 51.6 Å². The minimum absolute atomic E-state index is 0.0461. The van der Waals surface area contributed by atoms with Crippen molar-refractivity contribution in [3.8, 4) is 0 Å². The zero-order valence-electron chi connectivity index (χ0n) is 11.0. The van der Waals surface area contributed by atoms with E-state index in [1.165, 1.54) is 0 Å². The molecule has 0 saturated heterocycles. The molecule has 2 N–H and O–H groups in total. The average Bonchev–Trinajstić information content (AvgIpc) is 2.29. The summed E-state index contributed by atoms with van der Waals surface area (Å²) < 4.78 is 4.94. The van der Waals surface area contributed by atoms with E-state index in [1.54, 1.807) is 12.0 Å². The topological polar surface area (TPSA) is 55.6 Å². The minimum atomic E-state index is -0.388. The van der Waals surface area contributed by atoms with Gasteiger partial charge >= 0.3 is 0 Å². The van der Waals surface area contributed by atoms with Gasteiger partial charge in [-0.05, 0) is 25.7 Å². The van der Waals surface area contributed by atoms with Crippen molar-refractivity contribution in [1.82, 2.24) is 4.90 Å². The number of hydrogen-bond donors (Lipinski definition) is 1. The molecule has 0 aromatic carbocycles. The van der Waals surface area contributed by atoms with Crippen molar-refractivity contribution in [3.05, 3.63) is 0 Å². The number of carbonyl (C=O) groups excluding carboxylic acids is 1. The maximum Gasteiger partial charge on any atom is 0.239 e. The van der Waals surface area contributed by atoms with E-state index < -0.39 is 0 Å². The molecule has 0 bridgehead atoms. The first kappa shape index (κ1) is 15.4. The minimum Gasteiger partial charge on any atom is -0.385 e. The van der Waals surface area contributed by atoms with Gasteiger partial charge in [0.25, 0.3) is 0 Å². The van der Waals surface area contributed by atoms with Crippen molar-refractivity contribution < 1.29 is 9.53 Å². The number of amides is 1. The van der Waals surface area contributed by atoms with Crippen LogP contribution in [0.3, 0.4) is 0 Å². The van der Waals surface area contributed by atoms with E-state index in [4.69, 9.17) is 10.5 Å². The van der Waals surface area contributed by atoms with Gasteiger partial charge in [0.05, 0.1) is 6.04 Å². The molecule has 96 valence electrons. The first-order valence-electron chi connectivity index (χ1n) is 6.09. The van der Waals surface area contributed by atoms with Gasteiger partial charge in [0.1, 0.15) is 0 Å². The second-order valence-corrected chi connectivity index (χ2v) is 4.16. The molecule has 0 aliphatic rings. The van der Waals surface area contributed by atoms with Gasteiger partial charge in [0.2, 0.25) is 5.91 Å². The Hall–Kier alpha value is -0.610. The summed E-state index contributed by atoms with van der Waals surface area (Å²) >= 11 is 0. The Balaban J connectivity index is 4.09. The monoisotopic (exact) mass is 230 g/mol. The summed E-state index contributed by atoms with van der Waals surface area (Å²) in [5, 5.41) is 0. The number of nitrogens with two attached hydrogens (primary N) is 1. The highest BCUT2D eigenvalue weighted by Crippen LogP contribution is 2.09. The molecule has 0 rings (SSSR count). The maximum atomic E-state index is 12.0. The molecule has 0 heterocycles. The van der Waals surface area contributed by atoms with Crippen LogP contribution in [-0.2, 0) is 9.53 Å². The number of methoxy groups -OCH3 is 1. The lowest BCUT2D eigenvalue weighted by Crippen LogP contribution is -2.46. The number of likely N-dealkylation sites (N-methyl/N-ethyl adjacent to an activating group) is 1. The molecule has 16 heavy (non-hydrogen) atoms. The number of nitrogens with zero attached hydrogens (tertiary/aromatic N) is 1. The third-order valence-electron chi connectivity index (χ3n) is 3.02. The van der Waals surface area contributed by atoms with Gasteiger partial charge in [0, 0.05) is 26.8 Å². The van der Waals surface area contributed by atoms with Crippen LogP contribution in [0.25, 0.3) is 0 Å². The van der Waals surface area contributed by atoms with Crippen LogP contribution in [0.1, 0.15) is 39.5 Å². The van der Waals surface area contributed by atoms with E-state index in [9.17, 15) is 4.79 Å². The van der Waals surface area contributed by atoms with Crippen molar-refractivity contribution >= 4 is 5.91 Å². The first-order chi connectivity index (χ1) is 7.58. The Bertz CT molecular complexity index is 193. The highest BCUT2D eigenvalue weighted by atomic mass is 16.5. The molecule has 4 heteroatoms. The molecule has 1 atom stereocenters. The normalized spacial score (nSPS) is 12.9. The van der Waals surface area contributed by atoms with Crippen LogP contribution < -0.4 is 5.73 Å². The molecular weight excluding hydrogens is 204 g/mol. The van der Waals surface area contributed by atoms with Crippen LogP contribution in [0.5, 0.6) is 0 Å². The SMILES string of the molecule is CCC(CC)N(C)C(=O)C(N)CCCOC. The Kier molecular flexibility index (Phi) is 8.21. The third kappa shape index (κ3) is 4.94. The Labute approximate surface area is 99.1 Å². The predicted molar refractivity (Wildman–Crippen MR) is 66.2 cm³/mol. The van der Waals surface area contributed by atoms with E-state index in [2.05, 4.69) is 13.8 Å². The van der Waals surface area contributed by atoms with Gasteiger partial charge in [-0.1, -0.05) is 13.8 Å². The second-order valence-electron chi connectivity index (χ2n) is 4.16. The molecule has 0 aliphatic carbocycles. The van der Waals surface area contributed by atoms with E-state index in [-0.39, 0.29) is 11.9 Å². The molecular formula is C12H26N2O2. The smallest absolute Gasteiger partial charge is 0.239 e. The van der Waals surface area contributed by atoms with Crippen LogP contribution in [0.2, 0.25) is 0 Å². The number of ether oxygens (including phenoxy) is 1. The molecule has 0 aromatic heterocycles. The number of rotatable bonds is 8. The lowest BCUT2D eigenvalue weighted by atomic mass is 10.1. The third-order valence-corrected chi connectivity index (χ3v) is 3.02. The summed E-state index contributed by atoms with van der Waals surface area (Å²) in [6.45, 7) is 4.85. The number of carbonyl (C=O) groups is 1. The summed E-state index contributed by atoms with van der Waals surface area (Å²) in [4.78, 5) is 13.7. The van der Waals surface area contributed by atoms with Gasteiger partial charge in [0.15, 0.2) is 0 Å². The van der Waals surface area contributed by atoms with Crippen LogP contribution >= 0.6 is 0 Å². The largest absolute Gasteiger partial charge is 0.385 e. The molecule has 0 radical (unpaired) electrons. The molecule has 0 aromatic rings. The van der Waals surface area contributed by atoms with E-state index in [0.717, 1.165) is 19.3 Å². The van der Waals surface area contributed by atoms with Crippen LogP contribution in [0, 0.1) is 0 Å². The Morgan fingerprint density at radius 3 is 2.38 bits per heavy atom. The van der Waals surface area contributed by atoms with Gasteiger partial charge in [-0.25, -0.2) is 0 Å². The molecule has 0 fully saturated rings. The predicted octanol–water partition coefficient (Wildman–Crippen LogP) is 1.39. The van der Waals surface area contributed by atoms with Crippen molar-refractivity contribution in [3.63, 3.8) is 0 Å². The fraction of sp³-hybridized carbons (Fsp3) is 0.917. The quantitative estimate of drug-likeness (QED) is 0.641. The molecule has 0 saturated carbocycles. The van der Waals surface area contributed by atoms with Gasteiger partial charge in [-0.15, -0.1) is 0 Å². The van der Waals surface area contributed by atoms with Crippen LogP contribution in [0.15, 0.2) is 0 Å². The highest BCUT2D eigenvalue weighted by Gasteiger charge is 2.21. The van der Waals surface area contributed by atoms with Crippen LogP contribution in [-0.4, -0.2) is 43.7 Å². The lowest BCUT2D eigenvalue weighted by Gasteiger charge is -2.28. The molecule has 4 nitrogen and oxygen atoms in total. The first-order valence-corrected chi connectivity index (χ1v) is 6.09.